The van der Waals surface area contributed by atoms with Gasteiger partial charge in [-0.15, -0.1) is 11.3 Å². The van der Waals surface area contributed by atoms with Gasteiger partial charge in [-0.1, -0.05) is 42.4 Å². The molecule has 21 heavy (non-hydrogen) atoms. The first-order valence-corrected chi connectivity index (χ1v) is 8.56. The Bertz CT molecular complexity index is 852. The van der Waals surface area contributed by atoms with Crippen LogP contribution < -0.4 is 5.56 Å². The lowest BCUT2D eigenvalue weighted by Gasteiger charge is -2.10. The number of hydrogen-bond acceptors (Lipinski definition) is 5. The lowest BCUT2D eigenvalue weighted by molar-refractivity contribution is 0.950. The van der Waals surface area contributed by atoms with Crippen LogP contribution >= 0.6 is 34.7 Å². The number of rotatable bonds is 3. The second kappa shape index (κ2) is 5.79. The number of hydrogen-bond donors (Lipinski definition) is 0. The van der Waals surface area contributed by atoms with Crippen LogP contribution in [0.1, 0.15) is 12.5 Å². The van der Waals surface area contributed by atoms with E-state index in [0.29, 0.717) is 21.1 Å². The third kappa shape index (κ3) is 2.59. The molecule has 0 N–H and O–H groups in total. The molecule has 0 radical (unpaired) electrons. The van der Waals surface area contributed by atoms with Gasteiger partial charge in [0.25, 0.3) is 5.56 Å². The zero-order chi connectivity index (χ0) is 15.0. The molecule has 0 spiro atoms. The van der Waals surface area contributed by atoms with Crippen molar-refractivity contribution in [1.82, 2.24) is 14.5 Å². The molecule has 2 heterocycles. The molecule has 7 heteroatoms. The standard InChI is InChI=1S/C14H12ClN3OS2/c1-3-20-14-17-12-11(21-14)13(19)18(7-16-12)10-8(2)5-4-6-9(10)15/h4-7H,3H2,1-2H3. The minimum absolute atomic E-state index is 0.128. The van der Waals surface area contributed by atoms with E-state index in [1.54, 1.807) is 17.8 Å². The third-order valence-corrected chi connectivity index (χ3v) is 5.36. The van der Waals surface area contributed by atoms with Gasteiger partial charge in [-0.25, -0.2) is 9.97 Å². The molecule has 0 amide bonds. The first kappa shape index (κ1) is 14.6. The number of halogens is 1. The lowest BCUT2D eigenvalue weighted by Crippen LogP contribution is -2.19. The van der Waals surface area contributed by atoms with E-state index in [-0.39, 0.29) is 5.56 Å². The van der Waals surface area contributed by atoms with E-state index < -0.39 is 0 Å². The van der Waals surface area contributed by atoms with Crippen LogP contribution in [0.3, 0.4) is 0 Å². The molecule has 108 valence electrons. The van der Waals surface area contributed by atoms with Crippen LogP contribution in [0, 0.1) is 6.92 Å². The zero-order valence-corrected chi connectivity index (χ0v) is 13.8. The Morgan fingerprint density at radius 2 is 2.24 bits per heavy atom. The highest BCUT2D eigenvalue weighted by Gasteiger charge is 2.14. The van der Waals surface area contributed by atoms with Gasteiger partial charge in [0.1, 0.15) is 11.0 Å². The number of para-hydroxylation sites is 1. The maximum absolute atomic E-state index is 12.7. The first-order chi connectivity index (χ1) is 10.1. The zero-order valence-electron chi connectivity index (χ0n) is 11.5. The van der Waals surface area contributed by atoms with Gasteiger partial charge in [0.15, 0.2) is 9.99 Å². The highest BCUT2D eigenvalue weighted by atomic mass is 35.5. The van der Waals surface area contributed by atoms with Crippen LogP contribution in [0.4, 0.5) is 0 Å². The van der Waals surface area contributed by atoms with Crippen molar-refractivity contribution in [3.63, 3.8) is 0 Å². The predicted octanol–water partition coefficient (Wildman–Crippen LogP) is 3.92. The number of benzene rings is 1. The summed E-state index contributed by atoms with van der Waals surface area (Å²) in [5.74, 6) is 0.914. The maximum atomic E-state index is 12.7. The maximum Gasteiger partial charge on any atom is 0.277 e. The van der Waals surface area contributed by atoms with Gasteiger partial charge >= 0.3 is 0 Å². The van der Waals surface area contributed by atoms with Crippen LogP contribution in [0.2, 0.25) is 5.02 Å². The van der Waals surface area contributed by atoms with Gasteiger partial charge < -0.3 is 0 Å². The van der Waals surface area contributed by atoms with Crippen molar-refractivity contribution in [2.45, 2.75) is 18.2 Å². The quantitative estimate of drug-likeness (QED) is 0.680. The average Bonchev–Trinajstić information content (AvgIpc) is 2.85. The number of fused-ring (bicyclic) bond motifs is 1. The Morgan fingerprint density at radius 3 is 2.95 bits per heavy atom. The highest BCUT2D eigenvalue weighted by Crippen LogP contribution is 2.27. The Labute approximate surface area is 134 Å². The molecule has 0 fully saturated rings. The number of aryl methyl sites for hydroxylation is 1. The molecule has 3 aromatic rings. The van der Waals surface area contributed by atoms with Crippen molar-refractivity contribution in [3.8, 4) is 5.69 Å². The summed E-state index contributed by atoms with van der Waals surface area (Å²) < 4.78 is 2.93. The summed E-state index contributed by atoms with van der Waals surface area (Å²) in [4.78, 5) is 21.3. The van der Waals surface area contributed by atoms with Crippen LogP contribution in [-0.4, -0.2) is 20.3 Å². The van der Waals surface area contributed by atoms with Gasteiger partial charge in [-0.2, -0.15) is 0 Å². The van der Waals surface area contributed by atoms with Crippen LogP contribution in [0.25, 0.3) is 16.0 Å². The van der Waals surface area contributed by atoms with Crippen LogP contribution in [-0.2, 0) is 0 Å². The summed E-state index contributed by atoms with van der Waals surface area (Å²) in [5, 5.41) is 0.533. The average molecular weight is 338 g/mol. The van der Waals surface area contributed by atoms with E-state index in [1.807, 2.05) is 19.1 Å². The molecule has 0 saturated carbocycles. The van der Waals surface area contributed by atoms with E-state index in [2.05, 4.69) is 16.9 Å². The topological polar surface area (TPSA) is 47.8 Å². The summed E-state index contributed by atoms with van der Waals surface area (Å²) in [6, 6.07) is 5.55. The second-order valence-electron chi connectivity index (χ2n) is 4.39. The fourth-order valence-corrected chi connectivity index (χ4v) is 4.30. The molecule has 0 aliphatic carbocycles. The number of thiazole rings is 1. The molecular formula is C14H12ClN3OS2. The van der Waals surface area contributed by atoms with Crippen molar-refractivity contribution < 1.29 is 0 Å². The van der Waals surface area contributed by atoms with Crippen molar-refractivity contribution in [2.75, 3.05) is 5.75 Å². The molecule has 4 nitrogen and oxygen atoms in total. The molecule has 3 rings (SSSR count). The van der Waals surface area contributed by atoms with Crippen molar-refractivity contribution in [2.24, 2.45) is 0 Å². The van der Waals surface area contributed by atoms with Crippen molar-refractivity contribution in [3.05, 3.63) is 45.5 Å². The Balaban J connectivity index is 2.25. The monoisotopic (exact) mass is 337 g/mol. The largest absolute Gasteiger partial charge is 0.277 e. The molecule has 1 aromatic carbocycles. The van der Waals surface area contributed by atoms with Gasteiger partial charge in [0, 0.05) is 0 Å². The number of nitrogens with zero attached hydrogens (tertiary/aromatic N) is 3. The fraction of sp³-hybridized carbons (Fsp3) is 0.214. The Kier molecular flexibility index (Phi) is 4.01. The van der Waals surface area contributed by atoms with E-state index in [0.717, 1.165) is 15.7 Å². The van der Waals surface area contributed by atoms with Gasteiger partial charge in [0.2, 0.25) is 0 Å². The van der Waals surface area contributed by atoms with E-state index in [1.165, 1.54) is 22.2 Å². The normalized spacial score (nSPS) is 11.2. The van der Waals surface area contributed by atoms with E-state index in [9.17, 15) is 4.79 Å². The van der Waals surface area contributed by atoms with E-state index in [4.69, 9.17) is 11.6 Å². The lowest BCUT2D eigenvalue weighted by atomic mass is 10.2. The molecule has 0 aliphatic rings. The highest BCUT2D eigenvalue weighted by molar-refractivity contribution is 8.01. The smallest absolute Gasteiger partial charge is 0.267 e. The minimum Gasteiger partial charge on any atom is -0.267 e. The number of thioether (sulfide) groups is 1. The van der Waals surface area contributed by atoms with Gasteiger partial charge in [-0.3, -0.25) is 9.36 Å². The van der Waals surface area contributed by atoms with E-state index >= 15 is 0 Å². The fourth-order valence-electron chi connectivity index (χ4n) is 2.07. The molecule has 0 unspecified atom stereocenters. The van der Waals surface area contributed by atoms with Gasteiger partial charge in [0.05, 0.1) is 10.7 Å². The molecule has 0 bridgehead atoms. The van der Waals surface area contributed by atoms with Crippen LogP contribution in [0.5, 0.6) is 0 Å². The van der Waals surface area contributed by atoms with Crippen molar-refractivity contribution in [1.29, 1.82) is 0 Å². The van der Waals surface area contributed by atoms with Gasteiger partial charge in [-0.05, 0) is 24.3 Å². The third-order valence-electron chi connectivity index (χ3n) is 3.00. The first-order valence-electron chi connectivity index (χ1n) is 6.38. The molecule has 0 atom stereocenters. The molecule has 2 aromatic heterocycles. The molecule has 0 aliphatic heterocycles. The summed E-state index contributed by atoms with van der Waals surface area (Å²) in [6.45, 7) is 3.97. The Morgan fingerprint density at radius 1 is 1.43 bits per heavy atom. The Hall–Kier alpha value is -1.37. The second-order valence-corrected chi connectivity index (χ2v) is 7.31. The summed E-state index contributed by atoms with van der Waals surface area (Å²) in [5.41, 5.74) is 1.98. The molecule has 0 saturated heterocycles. The summed E-state index contributed by atoms with van der Waals surface area (Å²) in [6.07, 6.45) is 1.50. The minimum atomic E-state index is -0.128. The summed E-state index contributed by atoms with van der Waals surface area (Å²) >= 11 is 9.23. The SMILES string of the molecule is CCSc1nc2ncn(-c3c(C)cccc3Cl)c(=O)c2s1. The predicted molar refractivity (Wildman–Crippen MR) is 89.2 cm³/mol. The van der Waals surface area contributed by atoms with Crippen LogP contribution in [0.15, 0.2) is 33.7 Å². The van der Waals surface area contributed by atoms with Crippen molar-refractivity contribution >= 4 is 45.0 Å². The molecular weight excluding hydrogens is 326 g/mol. The number of aromatic nitrogens is 3. The summed E-state index contributed by atoms with van der Waals surface area (Å²) in [7, 11) is 0.